The molecule has 0 radical (unpaired) electrons. The molecule has 1 aromatic heterocycles. The molecule has 0 spiro atoms. The topological polar surface area (TPSA) is 34.4 Å². The summed E-state index contributed by atoms with van der Waals surface area (Å²) in [6.07, 6.45) is 0. The van der Waals surface area contributed by atoms with Crippen molar-refractivity contribution in [3.63, 3.8) is 0 Å². The van der Waals surface area contributed by atoms with Gasteiger partial charge in [0, 0.05) is 15.5 Å². The van der Waals surface area contributed by atoms with Crippen molar-refractivity contribution in [1.29, 1.82) is 0 Å². The van der Waals surface area contributed by atoms with Gasteiger partial charge in [0.15, 0.2) is 11.3 Å². The molecular formula is C16H13BrClNO2. The molecule has 0 fully saturated rings. The Morgan fingerprint density at radius 2 is 2.10 bits per heavy atom. The van der Waals surface area contributed by atoms with Crippen LogP contribution in [0.2, 0.25) is 5.02 Å². The van der Waals surface area contributed by atoms with Crippen molar-refractivity contribution in [2.45, 2.75) is 6.54 Å². The lowest BCUT2D eigenvalue weighted by atomic mass is 10.2. The lowest BCUT2D eigenvalue weighted by Gasteiger charge is -2.05. The molecule has 1 heterocycles. The van der Waals surface area contributed by atoms with Gasteiger partial charge < -0.3 is 14.5 Å². The van der Waals surface area contributed by atoms with Gasteiger partial charge in [0.2, 0.25) is 0 Å². The molecule has 0 aliphatic heterocycles. The molecule has 0 aliphatic carbocycles. The molecule has 0 saturated heterocycles. The summed E-state index contributed by atoms with van der Waals surface area (Å²) in [5, 5.41) is 5.02. The fraction of sp³-hybridized carbons (Fsp3) is 0.125. The van der Waals surface area contributed by atoms with Crippen molar-refractivity contribution in [2.24, 2.45) is 0 Å². The van der Waals surface area contributed by atoms with Gasteiger partial charge in [-0.25, -0.2) is 0 Å². The van der Waals surface area contributed by atoms with Gasteiger partial charge in [-0.15, -0.1) is 0 Å². The Kier molecular flexibility index (Phi) is 4.08. The number of benzene rings is 2. The van der Waals surface area contributed by atoms with Crippen LogP contribution in [0.3, 0.4) is 0 Å². The molecule has 3 nitrogen and oxygen atoms in total. The molecule has 0 atom stereocenters. The second-order valence-corrected chi connectivity index (χ2v) is 5.84. The number of ether oxygens (including phenoxy) is 1. The Morgan fingerprint density at radius 1 is 1.24 bits per heavy atom. The molecule has 3 aromatic rings. The van der Waals surface area contributed by atoms with Gasteiger partial charge in [-0.1, -0.05) is 23.7 Å². The van der Waals surface area contributed by atoms with Crippen LogP contribution < -0.4 is 10.1 Å². The summed E-state index contributed by atoms with van der Waals surface area (Å²) in [6.45, 7) is 0.589. The molecule has 5 heteroatoms. The second kappa shape index (κ2) is 6.00. The van der Waals surface area contributed by atoms with Crippen LogP contribution in [0.4, 0.5) is 5.69 Å². The third-order valence-corrected chi connectivity index (χ3v) is 4.38. The van der Waals surface area contributed by atoms with Crippen molar-refractivity contribution in [3.05, 3.63) is 57.7 Å². The number of hydrogen-bond donors (Lipinski definition) is 1. The Balaban J connectivity index is 1.80. The van der Waals surface area contributed by atoms with Crippen LogP contribution in [0.5, 0.6) is 5.75 Å². The Bertz CT molecular complexity index is 785. The quantitative estimate of drug-likeness (QED) is 0.665. The maximum Gasteiger partial charge on any atom is 0.176 e. The number of anilines is 1. The van der Waals surface area contributed by atoms with Crippen molar-refractivity contribution < 1.29 is 9.15 Å². The molecule has 108 valence electrons. The maximum absolute atomic E-state index is 5.98. The average Bonchev–Trinajstić information content (AvgIpc) is 2.91. The monoisotopic (exact) mass is 365 g/mol. The highest BCUT2D eigenvalue weighted by Gasteiger charge is 2.08. The predicted molar refractivity (Wildman–Crippen MR) is 89.2 cm³/mol. The molecule has 0 aliphatic rings. The zero-order chi connectivity index (χ0) is 14.8. The number of para-hydroxylation sites is 1. The van der Waals surface area contributed by atoms with E-state index >= 15 is 0 Å². The van der Waals surface area contributed by atoms with Crippen molar-refractivity contribution in [3.8, 4) is 5.75 Å². The number of nitrogens with one attached hydrogen (secondary N) is 1. The largest absolute Gasteiger partial charge is 0.493 e. The summed E-state index contributed by atoms with van der Waals surface area (Å²) in [5.41, 5.74) is 1.74. The van der Waals surface area contributed by atoms with Gasteiger partial charge in [0.25, 0.3) is 0 Å². The fourth-order valence-electron chi connectivity index (χ4n) is 2.13. The molecule has 21 heavy (non-hydrogen) atoms. The van der Waals surface area contributed by atoms with E-state index in [1.54, 1.807) is 7.11 Å². The second-order valence-electron chi connectivity index (χ2n) is 4.57. The average molecular weight is 367 g/mol. The Hall–Kier alpha value is -1.65. The highest BCUT2D eigenvalue weighted by atomic mass is 79.9. The number of fused-ring (bicyclic) bond motifs is 1. The maximum atomic E-state index is 5.98. The van der Waals surface area contributed by atoms with E-state index in [1.807, 2.05) is 42.5 Å². The minimum atomic E-state index is 0.589. The third-order valence-electron chi connectivity index (χ3n) is 3.17. The van der Waals surface area contributed by atoms with E-state index in [-0.39, 0.29) is 0 Å². The number of hydrogen-bond acceptors (Lipinski definition) is 3. The molecule has 0 unspecified atom stereocenters. The van der Waals surface area contributed by atoms with E-state index in [1.165, 1.54) is 0 Å². The van der Waals surface area contributed by atoms with Crippen LogP contribution in [0, 0.1) is 0 Å². The van der Waals surface area contributed by atoms with Gasteiger partial charge in [-0.3, -0.25) is 0 Å². The Morgan fingerprint density at radius 3 is 2.86 bits per heavy atom. The number of rotatable bonds is 4. The molecule has 1 N–H and O–H groups in total. The lowest BCUT2D eigenvalue weighted by molar-refractivity contribution is 0.408. The summed E-state index contributed by atoms with van der Waals surface area (Å²) in [6, 6.07) is 13.6. The molecule has 0 bridgehead atoms. The Labute approximate surface area is 136 Å². The normalized spacial score (nSPS) is 10.8. The highest BCUT2D eigenvalue weighted by Crippen LogP contribution is 2.29. The molecule has 3 rings (SSSR count). The van der Waals surface area contributed by atoms with Crippen LogP contribution in [-0.2, 0) is 6.54 Å². The molecule has 2 aromatic carbocycles. The highest BCUT2D eigenvalue weighted by molar-refractivity contribution is 9.10. The van der Waals surface area contributed by atoms with E-state index in [4.69, 9.17) is 20.8 Å². The molecular weight excluding hydrogens is 354 g/mol. The lowest BCUT2D eigenvalue weighted by Crippen LogP contribution is -1.97. The minimum absolute atomic E-state index is 0.589. The number of furan rings is 1. The first-order valence-corrected chi connectivity index (χ1v) is 7.59. The summed E-state index contributed by atoms with van der Waals surface area (Å²) >= 11 is 9.38. The van der Waals surface area contributed by atoms with Crippen LogP contribution in [0.15, 0.2) is 51.4 Å². The van der Waals surface area contributed by atoms with Crippen LogP contribution in [0.25, 0.3) is 11.0 Å². The first-order valence-electron chi connectivity index (χ1n) is 6.42. The minimum Gasteiger partial charge on any atom is -0.493 e. The fourth-order valence-corrected chi connectivity index (χ4v) is 2.63. The molecule has 0 saturated carbocycles. The van der Waals surface area contributed by atoms with Crippen molar-refractivity contribution in [2.75, 3.05) is 12.4 Å². The van der Waals surface area contributed by atoms with E-state index in [0.717, 1.165) is 32.6 Å². The van der Waals surface area contributed by atoms with E-state index < -0.39 is 0 Å². The van der Waals surface area contributed by atoms with E-state index in [2.05, 4.69) is 21.2 Å². The van der Waals surface area contributed by atoms with Crippen molar-refractivity contribution >= 4 is 44.2 Å². The number of halogens is 2. The summed E-state index contributed by atoms with van der Waals surface area (Å²) in [7, 11) is 1.64. The number of methoxy groups -OCH3 is 1. The SMILES string of the molecule is COc1cccc2cc(CNc3ccc(Cl)c(Br)c3)oc12. The van der Waals surface area contributed by atoms with Gasteiger partial charge in [0.05, 0.1) is 18.7 Å². The summed E-state index contributed by atoms with van der Waals surface area (Å²) in [5.74, 6) is 1.59. The zero-order valence-electron chi connectivity index (χ0n) is 11.3. The van der Waals surface area contributed by atoms with Gasteiger partial charge in [-0.2, -0.15) is 0 Å². The van der Waals surface area contributed by atoms with Crippen LogP contribution in [0.1, 0.15) is 5.76 Å². The molecule has 0 amide bonds. The summed E-state index contributed by atoms with van der Waals surface area (Å²) in [4.78, 5) is 0. The smallest absolute Gasteiger partial charge is 0.176 e. The first-order chi connectivity index (χ1) is 10.2. The van der Waals surface area contributed by atoms with E-state index in [9.17, 15) is 0 Å². The van der Waals surface area contributed by atoms with Crippen LogP contribution >= 0.6 is 27.5 Å². The van der Waals surface area contributed by atoms with E-state index in [0.29, 0.717) is 11.6 Å². The van der Waals surface area contributed by atoms with Crippen LogP contribution in [-0.4, -0.2) is 7.11 Å². The first kappa shape index (κ1) is 14.3. The van der Waals surface area contributed by atoms with Gasteiger partial charge >= 0.3 is 0 Å². The van der Waals surface area contributed by atoms with Gasteiger partial charge in [-0.05, 0) is 46.3 Å². The zero-order valence-corrected chi connectivity index (χ0v) is 13.7. The summed E-state index contributed by atoms with van der Waals surface area (Å²) < 4.78 is 12.0. The third kappa shape index (κ3) is 3.01. The van der Waals surface area contributed by atoms with Gasteiger partial charge in [0.1, 0.15) is 5.76 Å². The predicted octanol–water partition coefficient (Wildman–Crippen LogP) is 5.47. The van der Waals surface area contributed by atoms with Crippen molar-refractivity contribution in [1.82, 2.24) is 0 Å². The standard InChI is InChI=1S/C16H13BrClNO2/c1-20-15-4-2-3-10-7-12(21-16(10)15)9-19-11-5-6-14(18)13(17)8-11/h2-8,19H,9H2,1H3.